The Hall–Kier alpha value is -1.10. The minimum atomic E-state index is -1.02. The fraction of sp³-hybridized carbons (Fsp3) is 0.920. The predicted octanol–water partition coefficient (Wildman–Crippen LogP) is 4.29. The standard InChI is InChI=1S/C25H48N2O3/c1-4-5-6-7-8-9-10-11-12-13-14-15-16-17-19-23-25(30)26(23)20-18-21-27(2,3)22-24(28)29/h23H,4-22H2,1-3H3. The van der Waals surface area contributed by atoms with Crippen molar-refractivity contribution >= 4 is 11.9 Å². The van der Waals surface area contributed by atoms with Gasteiger partial charge in [0.15, 0.2) is 0 Å². The smallest absolute Gasteiger partial charge is 0.246 e. The SMILES string of the molecule is CCCCCCCCCCCCCCCCC1C(=O)N1CCC[N+](C)(C)CC(=O)[O-]. The Morgan fingerprint density at radius 1 is 0.833 bits per heavy atom. The molecule has 1 unspecified atom stereocenters. The molecule has 0 aliphatic carbocycles. The second-order valence-electron chi connectivity index (χ2n) is 9.98. The first-order valence-electron chi connectivity index (χ1n) is 12.7. The van der Waals surface area contributed by atoms with Crippen LogP contribution in [0.4, 0.5) is 0 Å². The zero-order valence-electron chi connectivity index (χ0n) is 20.1. The van der Waals surface area contributed by atoms with Gasteiger partial charge in [-0.25, -0.2) is 0 Å². The van der Waals surface area contributed by atoms with Crippen molar-refractivity contribution in [3.8, 4) is 0 Å². The third-order valence-corrected chi connectivity index (χ3v) is 6.43. The molecule has 0 aromatic rings. The summed E-state index contributed by atoms with van der Waals surface area (Å²) in [7, 11) is 3.79. The van der Waals surface area contributed by atoms with Gasteiger partial charge in [0.2, 0.25) is 5.91 Å². The predicted molar refractivity (Wildman–Crippen MR) is 122 cm³/mol. The van der Waals surface area contributed by atoms with E-state index in [4.69, 9.17) is 0 Å². The van der Waals surface area contributed by atoms with Crippen LogP contribution in [0.15, 0.2) is 0 Å². The van der Waals surface area contributed by atoms with Crippen LogP contribution in [0, 0.1) is 0 Å². The van der Waals surface area contributed by atoms with Crippen LogP contribution < -0.4 is 5.11 Å². The number of amides is 1. The molecule has 0 spiro atoms. The number of hydrogen-bond acceptors (Lipinski definition) is 3. The highest BCUT2D eigenvalue weighted by Gasteiger charge is 2.44. The number of aliphatic carboxylic acids is 1. The van der Waals surface area contributed by atoms with Gasteiger partial charge < -0.3 is 19.3 Å². The molecule has 0 N–H and O–H groups in total. The van der Waals surface area contributed by atoms with Gasteiger partial charge in [-0.2, -0.15) is 0 Å². The van der Waals surface area contributed by atoms with Crippen molar-refractivity contribution < 1.29 is 19.2 Å². The van der Waals surface area contributed by atoms with Crippen LogP contribution in [0.2, 0.25) is 0 Å². The lowest BCUT2D eigenvalue weighted by Gasteiger charge is -2.30. The number of quaternary nitrogens is 1. The first-order chi connectivity index (χ1) is 14.4. The van der Waals surface area contributed by atoms with Crippen molar-refractivity contribution in [2.24, 2.45) is 0 Å². The molecular formula is C25H48N2O3. The van der Waals surface area contributed by atoms with E-state index in [1.807, 2.05) is 19.0 Å². The maximum atomic E-state index is 11.9. The highest BCUT2D eigenvalue weighted by atomic mass is 16.4. The maximum Gasteiger partial charge on any atom is 0.246 e. The largest absolute Gasteiger partial charge is 0.544 e. The van der Waals surface area contributed by atoms with Crippen LogP contribution in [-0.4, -0.2) is 61.0 Å². The third kappa shape index (κ3) is 13.3. The fourth-order valence-electron chi connectivity index (χ4n) is 4.43. The van der Waals surface area contributed by atoms with Crippen molar-refractivity contribution in [3.63, 3.8) is 0 Å². The first kappa shape index (κ1) is 26.9. The molecule has 1 heterocycles. The highest BCUT2D eigenvalue weighted by Crippen LogP contribution is 2.26. The van der Waals surface area contributed by atoms with E-state index in [-0.39, 0.29) is 18.5 Å². The van der Waals surface area contributed by atoms with Gasteiger partial charge in [-0.05, 0) is 6.42 Å². The third-order valence-electron chi connectivity index (χ3n) is 6.43. The van der Waals surface area contributed by atoms with Gasteiger partial charge in [-0.1, -0.05) is 96.8 Å². The molecule has 176 valence electrons. The molecule has 1 fully saturated rings. The average Bonchev–Trinajstić information content (AvgIpc) is 3.28. The van der Waals surface area contributed by atoms with Gasteiger partial charge >= 0.3 is 0 Å². The summed E-state index contributed by atoms with van der Waals surface area (Å²) in [6.07, 6.45) is 20.9. The van der Waals surface area contributed by atoms with Crippen molar-refractivity contribution in [1.29, 1.82) is 0 Å². The van der Waals surface area contributed by atoms with Crippen LogP contribution in [-0.2, 0) is 9.59 Å². The Balaban J connectivity index is 1.88. The van der Waals surface area contributed by atoms with E-state index in [0.29, 0.717) is 4.48 Å². The lowest BCUT2D eigenvalue weighted by atomic mass is 10.0. The second kappa shape index (κ2) is 15.7. The van der Waals surface area contributed by atoms with Gasteiger partial charge in [-0.15, -0.1) is 0 Å². The van der Waals surface area contributed by atoms with Gasteiger partial charge in [0.1, 0.15) is 12.6 Å². The minimum Gasteiger partial charge on any atom is -0.544 e. The fourth-order valence-corrected chi connectivity index (χ4v) is 4.43. The summed E-state index contributed by atoms with van der Waals surface area (Å²) in [4.78, 5) is 24.6. The zero-order chi connectivity index (χ0) is 22.2. The van der Waals surface area contributed by atoms with Crippen LogP contribution >= 0.6 is 0 Å². The molecule has 5 nitrogen and oxygen atoms in total. The number of likely N-dealkylation sites (N-methyl/N-ethyl adjacent to an activating group) is 1. The normalized spacial score (nSPS) is 16.3. The summed E-state index contributed by atoms with van der Waals surface area (Å²) in [6.45, 7) is 3.81. The summed E-state index contributed by atoms with van der Waals surface area (Å²) in [5.41, 5.74) is 0. The van der Waals surface area contributed by atoms with E-state index in [1.165, 1.54) is 83.5 Å². The molecule has 1 amide bonds. The molecule has 1 rings (SSSR count). The molecule has 0 aromatic heterocycles. The van der Waals surface area contributed by atoms with E-state index in [1.54, 1.807) is 0 Å². The van der Waals surface area contributed by atoms with E-state index >= 15 is 0 Å². The lowest BCUT2D eigenvalue weighted by molar-refractivity contribution is -0.884. The molecule has 30 heavy (non-hydrogen) atoms. The van der Waals surface area contributed by atoms with E-state index in [2.05, 4.69) is 6.92 Å². The van der Waals surface area contributed by atoms with Crippen molar-refractivity contribution in [2.75, 3.05) is 33.7 Å². The average molecular weight is 425 g/mol. The van der Waals surface area contributed by atoms with Crippen LogP contribution in [0.5, 0.6) is 0 Å². The molecule has 0 radical (unpaired) electrons. The van der Waals surface area contributed by atoms with Crippen LogP contribution in [0.3, 0.4) is 0 Å². The van der Waals surface area contributed by atoms with E-state index in [9.17, 15) is 14.7 Å². The number of carboxylic acid groups (broad SMARTS) is 1. The van der Waals surface area contributed by atoms with Gasteiger partial charge in [0.25, 0.3) is 0 Å². The molecule has 1 atom stereocenters. The summed E-state index contributed by atoms with van der Waals surface area (Å²) < 4.78 is 0.411. The monoisotopic (exact) mass is 424 g/mol. The lowest BCUT2D eigenvalue weighted by Crippen LogP contribution is -2.49. The van der Waals surface area contributed by atoms with E-state index < -0.39 is 5.97 Å². The molecule has 0 saturated carbocycles. The molecule has 1 aliphatic rings. The molecular weight excluding hydrogens is 376 g/mol. The summed E-state index contributed by atoms with van der Waals surface area (Å²) in [5, 5.41) is 10.7. The number of carbonyl (C=O) groups excluding carboxylic acids is 2. The quantitative estimate of drug-likeness (QED) is 0.157. The zero-order valence-corrected chi connectivity index (χ0v) is 20.1. The van der Waals surface area contributed by atoms with Crippen LogP contribution in [0.1, 0.15) is 110 Å². The molecule has 0 bridgehead atoms. The van der Waals surface area contributed by atoms with Crippen molar-refractivity contribution in [1.82, 2.24) is 4.90 Å². The molecule has 1 saturated heterocycles. The van der Waals surface area contributed by atoms with Crippen LogP contribution in [0.25, 0.3) is 0 Å². The Labute approximate surface area is 185 Å². The number of carboxylic acids is 1. The Morgan fingerprint density at radius 2 is 1.30 bits per heavy atom. The number of hydrogen-bond donors (Lipinski definition) is 0. The molecule has 0 aromatic carbocycles. The highest BCUT2D eigenvalue weighted by molar-refractivity contribution is 5.96. The van der Waals surface area contributed by atoms with Crippen molar-refractivity contribution in [2.45, 2.75) is 116 Å². The molecule has 5 heteroatoms. The van der Waals surface area contributed by atoms with Gasteiger partial charge in [0, 0.05) is 13.0 Å². The summed E-state index contributed by atoms with van der Waals surface area (Å²) >= 11 is 0. The number of unbranched alkanes of at least 4 members (excludes halogenated alkanes) is 13. The second-order valence-corrected chi connectivity index (χ2v) is 9.98. The first-order valence-corrected chi connectivity index (χ1v) is 12.7. The molecule has 1 aliphatic heterocycles. The van der Waals surface area contributed by atoms with Gasteiger partial charge in [-0.3, -0.25) is 4.79 Å². The Kier molecular flexibility index (Phi) is 14.1. The maximum absolute atomic E-state index is 11.9. The summed E-state index contributed by atoms with van der Waals surface area (Å²) in [6, 6.07) is 0.138. The topological polar surface area (TPSA) is 60.2 Å². The number of carbonyl (C=O) groups is 2. The summed E-state index contributed by atoms with van der Waals surface area (Å²) in [5.74, 6) is -0.728. The number of rotatable bonds is 21. The minimum absolute atomic E-state index is 0.0242. The Bertz CT molecular complexity index is 479. The van der Waals surface area contributed by atoms with Gasteiger partial charge in [0.05, 0.1) is 26.6 Å². The van der Waals surface area contributed by atoms with Crippen molar-refractivity contribution in [3.05, 3.63) is 0 Å². The number of nitrogens with zero attached hydrogens (tertiary/aromatic N) is 2. The Morgan fingerprint density at radius 3 is 1.77 bits per heavy atom. The van der Waals surface area contributed by atoms with E-state index in [0.717, 1.165) is 32.4 Å².